The first-order valence-corrected chi connectivity index (χ1v) is 8.69. The molecule has 0 aromatic heterocycles. The van der Waals surface area contributed by atoms with Crippen LogP contribution in [0.25, 0.3) is 0 Å². The fourth-order valence-corrected chi connectivity index (χ4v) is 4.29. The molecule has 0 amide bonds. The van der Waals surface area contributed by atoms with Crippen LogP contribution in [-0.2, 0) is 0 Å². The zero-order valence-corrected chi connectivity index (χ0v) is 13.6. The normalized spacial score (nSPS) is 30.8. The van der Waals surface area contributed by atoms with Gasteiger partial charge < -0.3 is 5.32 Å². The third-order valence-electron chi connectivity index (χ3n) is 5.52. The van der Waals surface area contributed by atoms with Gasteiger partial charge in [0.2, 0.25) is 0 Å². The lowest BCUT2D eigenvalue weighted by molar-refractivity contribution is 0.0477. The smallest absolute Gasteiger partial charge is 0.0449 e. The second-order valence-corrected chi connectivity index (χ2v) is 7.52. The molecule has 2 unspecified atom stereocenters. The molecule has 2 nitrogen and oxygen atoms in total. The third-order valence-corrected chi connectivity index (χ3v) is 5.52. The average molecular weight is 286 g/mol. The Labute approximate surface area is 129 Å². The molecule has 1 aromatic rings. The Morgan fingerprint density at radius 2 is 1.90 bits per heavy atom. The zero-order chi connectivity index (χ0) is 14.7. The Hall–Kier alpha value is -0.860. The molecule has 2 fully saturated rings. The van der Waals surface area contributed by atoms with Crippen LogP contribution >= 0.6 is 0 Å². The van der Waals surface area contributed by atoms with E-state index in [9.17, 15) is 0 Å². The Morgan fingerprint density at radius 1 is 1.10 bits per heavy atom. The van der Waals surface area contributed by atoms with Crippen molar-refractivity contribution in [1.82, 2.24) is 10.2 Å². The first kappa shape index (κ1) is 15.1. The molecular weight excluding hydrogens is 256 g/mol. The fourth-order valence-electron chi connectivity index (χ4n) is 4.29. The van der Waals surface area contributed by atoms with Gasteiger partial charge in [-0.3, -0.25) is 4.90 Å². The second kappa shape index (κ2) is 6.50. The average Bonchev–Trinajstić information content (AvgIpc) is 2.73. The molecule has 21 heavy (non-hydrogen) atoms. The number of nitrogens with one attached hydrogen (secondary N) is 1. The molecular formula is C19H30N2. The summed E-state index contributed by atoms with van der Waals surface area (Å²) in [4.78, 5) is 2.79. The van der Waals surface area contributed by atoms with Crippen molar-refractivity contribution in [3.63, 3.8) is 0 Å². The van der Waals surface area contributed by atoms with Crippen LogP contribution in [0.2, 0.25) is 0 Å². The fraction of sp³-hybridized carbons (Fsp3) is 0.684. The molecule has 1 heterocycles. The molecule has 1 aliphatic carbocycles. The zero-order valence-electron chi connectivity index (χ0n) is 13.6. The molecule has 2 aliphatic rings. The SMILES string of the molecule is CC1(C)CCCCC1N1CCCNC(c2ccccc2)C1. The van der Waals surface area contributed by atoms with Gasteiger partial charge in [-0.1, -0.05) is 57.0 Å². The van der Waals surface area contributed by atoms with E-state index in [4.69, 9.17) is 0 Å². The van der Waals surface area contributed by atoms with Gasteiger partial charge in [0.1, 0.15) is 0 Å². The van der Waals surface area contributed by atoms with E-state index in [1.165, 1.54) is 44.2 Å². The second-order valence-electron chi connectivity index (χ2n) is 7.52. The lowest BCUT2D eigenvalue weighted by Gasteiger charge is -2.46. The van der Waals surface area contributed by atoms with Crippen LogP contribution in [0.3, 0.4) is 0 Å². The predicted molar refractivity (Wildman–Crippen MR) is 89.4 cm³/mol. The molecule has 0 spiro atoms. The largest absolute Gasteiger partial charge is 0.309 e. The highest BCUT2D eigenvalue weighted by Crippen LogP contribution is 2.39. The van der Waals surface area contributed by atoms with Crippen molar-refractivity contribution >= 4 is 0 Å². The molecule has 1 saturated heterocycles. The summed E-state index contributed by atoms with van der Waals surface area (Å²) in [5.41, 5.74) is 1.92. The minimum atomic E-state index is 0.476. The first-order valence-electron chi connectivity index (χ1n) is 8.69. The van der Waals surface area contributed by atoms with Gasteiger partial charge in [0, 0.05) is 18.6 Å². The Morgan fingerprint density at radius 3 is 2.67 bits per heavy atom. The van der Waals surface area contributed by atoms with Crippen LogP contribution in [-0.4, -0.2) is 30.6 Å². The van der Waals surface area contributed by atoms with Crippen molar-refractivity contribution < 1.29 is 0 Å². The van der Waals surface area contributed by atoms with Crippen molar-refractivity contribution in [2.75, 3.05) is 19.6 Å². The number of hydrogen-bond acceptors (Lipinski definition) is 2. The molecule has 0 bridgehead atoms. The molecule has 1 saturated carbocycles. The summed E-state index contributed by atoms with van der Waals surface area (Å²) in [6.07, 6.45) is 6.87. The standard InChI is InChI=1S/C19H30N2/c1-19(2)12-7-6-11-18(19)21-14-8-13-20-17(15-21)16-9-4-3-5-10-16/h3-5,9-10,17-18,20H,6-8,11-15H2,1-2H3. The lowest BCUT2D eigenvalue weighted by atomic mass is 9.72. The van der Waals surface area contributed by atoms with Crippen LogP contribution in [0.5, 0.6) is 0 Å². The number of nitrogens with zero attached hydrogens (tertiary/aromatic N) is 1. The maximum atomic E-state index is 3.75. The summed E-state index contributed by atoms with van der Waals surface area (Å²) >= 11 is 0. The molecule has 1 aromatic carbocycles. The van der Waals surface area contributed by atoms with E-state index in [0.29, 0.717) is 11.5 Å². The van der Waals surface area contributed by atoms with Gasteiger partial charge in [-0.25, -0.2) is 0 Å². The lowest BCUT2D eigenvalue weighted by Crippen LogP contribution is -2.48. The van der Waals surface area contributed by atoms with E-state index < -0.39 is 0 Å². The molecule has 3 rings (SSSR count). The summed E-state index contributed by atoms with van der Waals surface area (Å²) in [5, 5.41) is 3.75. The molecule has 1 aliphatic heterocycles. The number of hydrogen-bond donors (Lipinski definition) is 1. The summed E-state index contributed by atoms with van der Waals surface area (Å²) < 4.78 is 0. The van der Waals surface area contributed by atoms with Gasteiger partial charge in [0.05, 0.1) is 0 Å². The molecule has 1 N–H and O–H groups in total. The van der Waals surface area contributed by atoms with E-state index in [-0.39, 0.29) is 0 Å². The van der Waals surface area contributed by atoms with E-state index in [1.807, 2.05) is 0 Å². The molecule has 2 heteroatoms. The Bertz CT molecular complexity index is 440. The summed E-state index contributed by atoms with van der Waals surface area (Å²) in [7, 11) is 0. The van der Waals surface area contributed by atoms with E-state index in [1.54, 1.807) is 0 Å². The number of rotatable bonds is 2. The van der Waals surface area contributed by atoms with E-state index in [2.05, 4.69) is 54.4 Å². The van der Waals surface area contributed by atoms with Crippen LogP contribution in [0, 0.1) is 5.41 Å². The van der Waals surface area contributed by atoms with Gasteiger partial charge >= 0.3 is 0 Å². The van der Waals surface area contributed by atoms with Crippen LogP contribution in [0.15, 0.2) is 30.3 Å². The highest BCUT2D eigenvalue weighted by Gasteiger charge is 2.37. The first-order chi connectivity index (χ1) is 10.2. The maximum absolute atomic E-state index is 3.75. The van der Waals surface area contributed by atoms with Crippen molar-refractivity contribution in [2.24, 2.45) is 5.41 Å². The van der Waals surface area contributed by atoms with Gasteiger partial charge in [-0.15, -0.1) is 0 Å². The van der Waals surface area contributed by atoms with Crippen molar-refractivity contribution in [2.45, 2.75) is 58.0 Å². The van der Waals surface area contributed by atoms with Crippen LogP contribution < -0.4 is 5.32 Å². The van der Waals surface area contributed by atoms with Crippen molar-refractivity contribution in [3.05, 3.63) is 35.9 Å². The molecule has 116 valence electrons. The van der Waals surface area contributed by atoms with Gasteiger partial charge in [-0.2, -0.15) is 0 Å². The summed E-state index contributed by atoms with van der Waals surface area (Å²) in [5.74, 6) is 0. The maximum Gasteiger partial charge on any atom is 0.0449 e. The van der Waals surface area contributed by atoms with Crippen molar-refractivity contribution in [3.8, 4) is 0 Å². The third kappa shape index (κ3) is 3.49. The van der Waals surface area contributed by atoms with E-state index >= 15 is 0 Å². The summed E-state index contributed by atoms with van der Waals surface area (Å²) in [6, 6.07) is 12.2. The highest BCUT2D eigenvalue weighted by atomic mass is 15.2. The van der Waals surface area contributed by atoms with Crippen LogP contribution in [0.4, 0.5) is 0 Å². The molecule has 2 atom stereocenters. The van der Waals surface area contributed by atoms with E-state index in [0.717, 1.165) is 19.1 Å². The Balaban J connectivity index is 1.76. The Kier molecular flexibility index (Phi) is 4.66. The highest BCUT2D eigenvalue weighted by molar-refractivity contribution is 5.19. The van der Waals surface area contributed by atoms with Crippen molar-refractivity contribution in [1.29, 1.82) is 0 Å². The predicted octanol–water partition coefficient (Wildman–Crippen LogP) is 3.99. The van der Waals surface area contributed by atoms with Crippen LogP contribution in [0.1, 0.15) is 57.6 Å². The quantitative estimate of drug-likeness (QED) is 0.884. The minimum Gasteiger partial charge on any atom is -0.309 e. The van der Waals surface area contributed by atoms with Gasteiger partial charge in [-0.05, 0) is 43.3 Å². The van der Waals surface area contributed by atoms with Gasteiger partial charge in [0.15, 0.2) is 0 Å². The minimum absolute atomic E-state index is 0.476. The number of benzene rings is 1. The monoisotopic (exact) mass is 286 g/mol. The van der Waals surface area contributed by atoms with Gasteiger partial charge in [0.25, 0.3) is 0 Å². The topological polar surface area (TPSA) is 15.3 Å². The summed E-state index contributed by atoms with van der Waals surface area (Å²) in [6.45, 7) is 8.52. The molecule has 0 radical (unpaired) electrons.